The molecule has 0 heterocycles. The number of hydrogen-bond acceptors (Lipinski definition) is 2. The number of hydrogen-bond donors (Lipinski definition) is 2. The molecule has 0 saturated carbocycles. The van der Waals surface area contributed by atoms with Crippen molar-refractivity contribution in [3.05, 3.63) is 11.8 Å². The van der Waals surface area contributed by atoms with Crippen LogP contribution in [-0.2, 0) is 0 Å². The molecule has 0 rings (SSSR count). The molecule has 0 aliphatic carbocycles. The SMILES string of the molecule is CC/C(=C/N)C(=N)F. The van der Waals surface area contributed by atoms with E-state index in [4.69, 9.17) is 11.1 Å². The topological polar surface area (TPSA) is 49.9 Å². The van der Waals surface area contributed by atoms with Gasteiger partial charge in [0.05, 0.1) is 0 Å². The van der Waals surface area contributed by atoms with E-state index in [9.17, 15) is 4.39 Å². The highest BCUT2D eigenvalue weighted by Crippen LogP contribution is 1.99. The van der Waals surface area contributed by atoms with Crippen LogP contribution in [-0.4, -0.2) is 5.97 Å². The first-order valence-electron chi connectivity index (χ1n) is 2.37. The second kappa shape index (κ2) is 3.18. The zero-order valence-electron chi connectivity index (χ0n) is 4.74. The quantitative estimate of drug-likeness (QED) is 0.523. The number of rotatable bonds is 2. The second-order valence-electron chi connectivity index (χ2n) is 1.36. The van der Waals surface area contributed by atoms with E-state index < -0.39 is 5.97 Å². The summed E-state index contributed by atoms with van der Waals surface area (Å²) >= 11 is 0. The number of nitrogens with one attached hydrogen (secondary N) is 1. The highest BCUT2D eigenvalue weighted by molar-refractivity contribution is 5.89. The van der Waals surface area contributed by atoms with E-state index in [1.165, 1.54) is 0 Å². The van der Waals surface area contributed by atoms with Crippen molar-refractivity contribution in [3.63, 3.8) is 0 Å². The molecule has 0 amide bonds. The summed E-state index contributed by atoms with van der Waals surface area (Å²) in [5.74, 6) is -0.935. The lowest BCUT2D eigenvalue weighted by Gasteiger charge is -1.92. The van der Waals surface area contributed by atoms with Crippen molar-refractivity contribution in [2.45, 2.75) is 13.3 Å². The van der Waals surface area contributed by atoms with E-state index in [0.29, 0.717) is 6.42 Å². The molecule has 0 saturated heterocycles. The van der Waals surface area contributed by atoms with Gasteiger partial charge in [0.15, 0.2) is 0 Å². The van der Waals surface area contributed by atoms with Gasteiger partial charge in [0.25, 0.3) is 0 Å². The highest BCUT2D eigenvalue weighted by Gasteiger charge is 1.96. The molecular formula is C5H9FN2. The average molecular weight is 116 g/mol. The van der Waals surface area contributed by atoms with Gasteiger partial charge < -0.3 is 5.73 Å². The first kappa shape index (κ1) is 7.14. The molecule has 0 fully saturated rings. The molecule has 0 radical (unpaired) electrons. The van der Waals surface area contributed by atoms with Gasteiger partial charge in [-0.15, -0.1) is 0 Å². The normalized spacial score (nSPS) is 11.5. The van der Waals surface area contributed by atoms with Crippen molar-refractivity contribution in [3.8, 4) is 0 Å². The Bertz CT molecular complexity index is 118. The van der Waals surface area contributed by atoms with Crippen LogP contribution in [0.1, 0.15) is 13.3 Å². The summed E-state index contributed by atoms with van der Waals surface area (Å²) in [5.41, 5.74) is 5.20. The van der Waals surface area contributed by atoms with Crippen LogP contribution in [0.25, 0.3) is 0 Å². The molecular weight excluding hydrogens is 107 g/mol. The van der Waals surface area contributed by atoms with Crippen molar-refractivity contribution in [2.24, 2.45) is 5.73 Å². The van der Waals surface area contributed by atoms with E-state index in [1.807, 2.05) is 0 Å². The molecule has 0 aromatic rings. The minimum atomic E-state index is -0.935. The third-order valence-electron chi connectivity index (χ3n) is 0.864. The monoisotopic (exact) mass is 116 g/mol. The van der Waals surface area contributed by atoms with E-state index in [0.717, 1.165) is 6.20 Å². The summed E-state index contributed by atoms with van der Waals surface area (Å²) in [6, 6.07) is 0. The fourth-order valence-corrected chi connectivity index (χ4v) is 0.346. The molecule has 46 valence electrons. The van der Waals surface area contributed by atoms with E-state index in [-0.39, 0.29) is 5.57 Å². The highest BCUT2D eigenvalue weighted by atomic mass is 19.1. The molecule has 3 heteroatoms. The Morgan fingerprint density at radius 3 is 2.38 bits per heavy atom. The minimum absolute atomic E-state index is 0.255. The van der Waals surface area contributed by atoms with Gasteiger partial charge in [-0.3, -0.25) is 5.41 Å². The van der Waals surface area contributed by atoms with Crippen LogP contribution >= 0.6 is 0 Å². The van der Waals surface area contributed by atoms with Gasteiger partial charge in [-0.2, -0.15) is 4.39 Å². The van der Waals surface area contributed by atoms with E-state index >= 15 is 0 Å². The van der Waals surface area contributed by atoms with Crippen molar-refractivity contribution < 1.29 is 4.39 Å². The van der Waals surface area contributed by atoms with Crippen molar-refractivity contribution in [1.82, 2.24) is 0 Å². The van der Waals surface area contributed by atoms with Crippen molar-refractivity contribution in [2.75, 3.05) is 0 Å². The number of halogens is 1. The molecule has 0 aliphatic heterocycles. The van der Waals surface area contributed by atoms with Gasteiger partial charge in [-0.1, -0.05) is 6.92 Å². The van der Waals surface area contributed by atoms with Crippen LogP contribution < -0.4 is 5.73 Å². The molecule has 0 aliphatic rings. The standard InChI is InChI=1S/C5H9FN2/c1-2-4(3-7)5(6)8/h3,8H,2,7H2,1H3/b4-3-,8-5?. The van der Waals surface area contributed by atoms with Crippen LogP contribution in [0, 0.1) is 5.41 Å². The molecule has 0 aromatic heterocycles. The van der Waals surface area contributed by atoms with Crippen molar-refractivity contribution >= 4 is 5.97 Å². The predicted molar refractivity (Wildman–Crippen MR) is 31.4 cm³/mol. The summed E-state index contributed by atoms with van der Waals surface area (Å²) in [6.07, 6.45) is 1.59. The van der Waals surface area contributed by atoms with Crippen LogP contribution in [0.2, 0.25) is 0 Å². The predicted octanol–water partition coefficient (Wildman–Crippen LogP) is 1.19. The van der Waals surface area contributed by atoms with Crippen LogP contribution in [0.15, 0.2) is 11.8 Å². The Balaban J connectivity index is 3.92. The third kappa shape index (κ3) is 1.73. The summed E-state index contributed by atoms with van der Waals surface area (Å²) in [7, 11) is 0. The lowest BCUT2D eigenvalue weighted by Crippen LogP contribution is -1.95. The maximum Gasteiger partial charge on any atom is 0.210 e. The van der Waals surface area contributed by atoms with Gasteiger partial charge in [0.2, 0.25) is 5.97 Å². The number of nitrogens with two attached hydrogens (primary N) is 1. The van der Waals surface area contributed by atoms with Gasteiger partial charge >= 0.3 is 0 Å². The Morgan fingerprint density at radius 2 is 2.38 bits per heavy atom. The zero-order valence-corrected chi connectivity index (χ0v) is 4.74. The van der Waals surface area contributed by atoms with Crippen molar-refractivity contribution in [1.29, 1.82) is 5.41 Å². The fourth-order valence-electron chi connectivity index (χ4n) is 0.346. The Hall–Kier alpha value is -0.860. The van der Waals surface area contributed by atoms with Gasteiger partial charge in [0, 0.05) is 11.8 Å². The average Bonchev–Trinajstić information content (AvgIpc) is 1.69. The molecule has 2 nitrogen and oxygen atoms in total. The summed E-state index contributed by atoms with van der Waals surface area (Å²) in [5, 5.41) is 6.44. The summed E-state index contributed by atoms with van der Waals surface area (Å²) < 4.78 is 11.8. The second-order valence-corrected chi connectivity index (χ2v) is 1.36. The third-order valence-corrected chi connectivity index (χ3v) is 0.864. The molecule has 0 bridgehead atoms. The minimum Gasteiger partial charge on any atom is -0.404 e. The van der Waals surface area contributed by atoms with Gasteiger partial charge in [-0.25, -0.2) is 0 Å². The maximum atomic E-state index is 11.8. The molecule has 0 aromatic carbocycles. The smallest absolute Gasteiger partial charge is 0.210 e. The Labute approximate surface area is 47.7 Å². The molecule has 0 atom stereocenters. The Kier molecular flexibility index (Phi) is 2.84. The molecule has 0 spiro atoms. The lowest BCUT2D eigenvalue weighted by molar-refractivity contribution is 0.785. The first-order valence-corrected chi connectivity index (χ1v) is 2.37. The van der Waals surface area contributed by atoms with Crippen LogP contribution in [0.5, 0.6) is 0 Å². The molecule has 3 N–H and O–H groups in total. The lowest BCUT2D eigenvalue weighted by atomic mass is 10.2. The maximum absolute atomic E-state index is 11.8. The summed E-state index contributed by atoms with van der Waals surface area (Å²) in [4.78, 5) is 0. The first-order chi connectivity index (χ1) is 3.72. The van der Waals surface area contributed by atoms with E-state index in [1.54, 1.807) is 6.92 Å². The zero-order chi connectivity index (χ0) is 6.57. The molecule has 8 heavy (non-hydrogen) atoms. The largest absolute Gasteiger partial charge is 0.404 e. The van der Waals surface area contributed by atoms with Gasteiger partial charge in [-0.05, 0) is 6.42 Å². The van der Waals surface area contributed by atoms with Crippen LogP contribution in [0.4, 0.5) is 4.39 Å². The Morgan fingerprint density at radius 1 is 1.88 bits per heavy atom. The number of allylic oxidation sites excluding steroid dienone is 1. The fraction of sp³-hybridized carbons (Fsp3) is 0.400. The summed E-state index contributed by atoms with van der Waals surface area (Å²) in [6.45, 7) is 1.74. The van der Waals surface area contributed by atoms with E-state index in [2.05, 4.69) is 0 Å². The van der Waals surface area contributed by atoms with Gasteiger partial charge in [0.1, 0.15) is 0 Å². The van der Waals surface area contributed by atoms with Crippen LogP contribution in [0.3, 0.4) is 0 Å². The molecule has 0 unspecified atom stereocenters.